The maximum atomic E-state index is 13.0. The van der Waals surface area contributed by atoms with E-state index in [4.69, 9.17) is 4.74 Å². The smallest absolute Gasteiger partial charge is 0.291 e. The second-order valence-corrected chi connectivity index (χ2v) is 8.10. The monoisotopic (exact) mass is 368 g/mol. The van der Waals surface area contributed by atoms with Crippen LogP contribution in [-0.4, -0.2) is 39.4 Å². The maximum absolute atomic E-state index is 13.0. The second-order valence-electron chi connectivity index (χ2n) is 8.10. The molecule has 0 atom stereocenters. The lowest BCUT2D eigenvalue weighted by molar-refractivity contribution is 0.0273. The molecule has 0 bridgehead atoms. The highest BCUT2D eigenvalue weighted by atomic mass is 16.5. The van der Waals surface area contributed by atoms with Crippen molar-refractivity contribution in [3.05, 3.63) is 41.5 Å². The van der Waals surface area contributed by atoms with Gasteiger partial charge in [-0.15, -0.1) is 5.10 Å². The number of amides is 1. The fourth-order valence-electron chi connectivity index (χ4n) is 4.17. The Morgan fingerprint density at radius 3 is 2.63 bits per heavy atom. The van der Waals surface area contributed by atoms with Crippen LogP contribution in [-0.2, 0) is 4.74 Å². The topological polar surface area (TPSA) is 69.0 Å². The number of benzene rings is 1. The Balaban J connectivity index is 1.61. The number of carbonyl (C=O) groups excluding carboxylic acids is 1. The highest BCUT2D eigenvalue weighted by molar-refractivity contribution is 5.91. The summed E-state index contributed by atoms with van der Waals surface area (Å²) in [7, 11) is 0. The minimum Gasteiger partial charge on any atom is -0.381 e. The largest absolute Gasteiger partial charge is 0.381 e. The molecule has 6 heteroatoms. The van der Waals surface area contributed by atoms with Crippen LogP contribution in [0.4, 0.5) is 0 Å². The summed E-state index contributed by atoms with van der Waals surface area (Å²) < 4.78 is 7.31. The molecule has 2 aromatic rings. The van der Waals surface area contributed by atoms with Gasteiger partial charge in [0.1, 0.15) is 5.82 Å². The molecule has 1 aliphatic heterocycles. The van der Waals surface area contributed by atoms with Gasteiger partial charge in [0.15, 0.2) is 0 Å². The first-order chi connectivity index (χ1) is 13.0. The molecule has 2 aliphatic rings. The van der Waals surface area contributed by atoms with Crippen LogP contribution in [0.3, 0.4) is 0 Å². The number of nitrogens with zero attached hydrogens (tertiary/aromatic N) is 3. The first-order valence-electron chi connectivity index (χ1n) is 9.93. The van der Waals surface area contributed by atoms with Gasteiger partial charge in [-0.1, -0.05) is 32.0 Å². The van der Waals surface area contributed by atoms with E-state index in [1.54, 1.807) is 4.68 Å². The predicted octanol–water partition coefficient (Wildman–Crippen LogP) is 3.39. The lowest BCUT2D eigenvalue weighted by Gasteiger charge is -2.38. The Morgan fingerprint density at radius 1 is 1.26 bits per heavy atom. The summed E-state index contributed by atoms with van der Waals surface area (Å²) in [5.74, 6) is 1.73. The Bertz CT molecular complexity index is 832. The lowest BCUT2D eigenvalue weighted by Crippen LogP contribution is -2.53. The van der Waals surface area contributed by atoms with Crippen LogP contribution < -0.4 is 5.32 Å². The van der Waals surface area contributed by atoms with E-state index in [1.165, 1.54) is 18.4 Å². The number of nitrogens with one attached hydrogen (secondary N) is 1. The summed E-state index contributed by atoms with van der Waals surface area (Å²) in [5, 5.41) is 7.84. The zero-order valence-corrected chi connectivity index (χ0v) is 16.4. The Labute approximate surface area is 160 Å². The minimum atomic E-state index is -0.173. The van der Waals surface area contributed by atoms with E-state index >= 15 is 0 Å². The van der Waals surface area contributed by atoms with E-state index < -0.39 is 0 Å². The van der Waals surface area contributed by atoms with Gasteiger partial charge in [0.05, 0.1) is 5.69 Å². The third kappa shape index (κ3) is 3.50. The average molecular weight is 368 g/mol. The van der Waals surface area contributed by atoms with E-state index in [-0.39, 0.29) is 17.3 Å². The molecule has 27 heavy (non-hydrogen) atoms. The van der Waals surface area contributed by atoms with Crippen molar-refractivity contribution in [3.63, 3.8) is 0 Å². The van der Waals surface area contributed by atoms with Gasteiger partial charge in [-0.2, -0.15) is 0 Å². The van der Waals surface area contributed by atoms with Crippen LogP contribution in [0.25, 0.3) is 5.69 Å². The molecule has 1 aromatic heterocycles. The zero-order valence-electron chi connectivity index (χ0n) is 16.4. The van der Waals surface area contributed by atoms with Gasteiger partial charge < -0.3 is 10.1 Å². The first kappa shape index (κ1) is 18.2. The van der Waals surface area contributed by atoms with Crippen molar-refractivity contribution in [2.45, 2.75) is 57.9 Å². The normalized spacial score (nSPS) is 19.3. The molecule has 0 unspecified atom stereocenters. The molecule has 0 spiro atoms. The van der Waals surface area contributed by atoms with Crippen molar-refractivity contribution < 1.29 is 9.53 Å². The fourth-order valence-corrected chi connectivity index (χ4v) is 4.17. The van der Waals surface area contributed by atoms with Crippen molar-refractivity contribution in [1.29, 1.82) is 0 Å². The summed E-state index contributed by atoms with van der Waals surface area (Å²) in [4.78, 5) is 17.4. The van der Waals surface area contributed by atoms with Crippen LogP contribution in [0.1, 0.15) is 67.5 Å². The first-order valence-corrected chi connectivity index (χ1v) is 9.93. The zero-order chi connectivity index (χ0) is 19.0. The van der Waals surface area contributed by atoms with Crippen molar-refractivity contribution in [1.82, 2.24) is 20.1 Å². The molecular formula is C21H28N4O2. The van der Waals surface area contributed by atoms with E-state index in [9.17, 15) is 4.79 Å². The van der Waals surface area contributed by atoms with E-state index in [0.717, 1.165) is 24.4 Å². The molecule has 1 amide bonds. The van der Waals surface area contributed by atoms with Crippen LogP contribution in [0.5, 0.6) is 0 Å². The van der Waals surface area contributed by atoms with Crippen LogP contribution >= 0.6 is 0 Å². The average Bonchev–Trinajstić information content (AvgIpc) is 3.45. The van der Waals surface area contributed by atoms with Crippen molar-refractivity contribution >= 4 is 5.91 Å². The van der Waals surface area contributed by atoms with Crippen molar-refractivity contribution in [2.24, 2.45) is 5.92 Å². The summed E-state index contributed by atoms with van der Waals surface area (Å²) in [6.07, 6.45) is 4.12. The molecule has 1 aromatic carbocycles. The van der Waals surface area contributed by atoms with E-state index in [1.807, 2.05) is 25.1 Å². The summed E-state index contributed by atoms with van der Waals surface area (Å²) >= 11 is 0. The molecule has 1 saturated carbocycles. The quantitative estimate of drug-likeness (QED) is 0.878. The maximum Gasteiger partial charge on any atom is 0.291 e. The molecule has 1 aliphatic carbocycles. The minimum absolute atomic E-state index is 0.148. The van der Waals surface area contributed by atoms with Gasteiger partial charge in [0.25, 0.3) is 5.91 Å². The predicted molar refractivity (Wildman–Crippen MR) is 103 cm³/mol. The standard InChI is InChI=1S/C21H28N4O2/c1-14(2)17-6-4-5-7-18(17)25-15(3)22-19(24-25)20(26)23-21(16-8-9-16)10-12-27-13-11-21/h4-7,14,16H,8-13H2,1-3H3,(H,23,26). The number of para-hydroxylation sites is 1. The van der Waals surface area contributed by atoms with Crippen LogP contribution in [0.2, 0.25) is 0 Å². The number of aryl methyl sites for hydroxylation is 1. The van der Waals surface area contributed by atoms with Crippen molar-refractivity contribution in [2.75, 3.05) is 13.2 Å². The van der Waals surface area contributed by atoms with E-state index in [0.29, 0.717) is 25.0 Å². The molecule has 4 rings (SSSR count). The Hall–Kier alpha value is -2.21. The number of rotatable bonds is 5. The van der Waals surface area contributed by atoms with Gasteiger partial charge in [-0.05, 0) is 56.1 Å². The summed E-state index contributed by atoms with van der Waals surface area (Å²) in [5.41, 5.74) is 2.03. The second kappa shape index (κ2) is 7.08. The lowest BCUT2D eigenvalue weighted by atomic mass is 9.85. The molecule has 1 saturated heterocycles. The highest BCUT2D eigenvalue weighted by Gasteiger charge is 2.47. The van der Waals surface area contributed by atoms with E-state index in [2.05, 4.69) is 35.3 Å². The highest BCUT2D eigenvalue weighted by Crippen LogP contribution is 2.44. The third-order valence-corrected chi connectivity index (χ3v) is 5.87. The van der Waals surface area contributed by atoms with Crippen molar-refractivity contribution in [3.8, 4) is 5.69 Å². The molecule has 1 N–H and O–H groups in total. The van der Waals surface area contributed by atoms with Gasteiger partial charge in [0, 0.05) is 18.8 Å². The number of carbonyl (C=O) groups is 1. The molecular weight excluding hydrogens is 340 g/mol. The number of ether oxygens (including phenoxy) is 1. The SMILES string of the molecule is Cc1nc(C(=O)NC2(C3CC3)CCOCC2)nn1-c1ccccc1C(C)C. The van der Waals surface area contributed by atoms with Crippen LogP contribution in [0.15, 0.2) is 24.3 Å². The Morgan fingerprint density at radius 2 is 1.96 bits per heavy atom. The molecule has 6 nitrogen and oxygen atoms in total. The van der Waals surface area contributed by atoms with Gasteiger partial charge in [0.2, 0.25) is 5.82 Å². The van der Waals surface area contributed by atoms with Gasteiger partial charge in [-0.3, -0.25) is 4.79 Å². The number of aromatic nitrogens is 3. The van der Waals surface area contributed by atoms with Gasteiger partial charge >= 0.3 is 0 Å². The fraction of sp³-hybridized carbons (Fsp3) is 0.571. The summed E-state index contributed by atoms with van der Waals surface area (Å²) in [6, 6.07) is 8.16. The molecule has 2 heterocycles. The third-order valence-electron chi connectivity index (χ3n) is 5.87. The van der Waals surface area contributed by atoms with Crippen LogP contribution in [0, 0.1) is 12.8 Å². The van der Waals surface area contributed by atoms with Gasteiger partial charge in [-0.25, -0.2) is 9.67 Å². The molecule has 0 radical (unpaired) electrons. The Kier molecular flexibility index (Phi) is 4.76. The molecule has 144 valence electrons. The number of hydrogen-bond acceptors (Lipinski definition) is 4. The summed E-state index contributed by atoms with van der Waals surface area (Å²) in [6.45, 7) is 7.62. The molecule has 2 fully saturated rings. The number of hydrogen-bond donors (Lipinski definition) is 1.